The fourth-order valence-corrected chi connectivity index (χ4v) is 1.31. The van der Waals surface area contributed by atoms with Crippen molar-refractivity contribution in [3.8, 4) is 11.5 Å². The molecule has 0 N–H and O–H groups in total. The van der Waals surface area contributed by atoms with Crippen LogP contribution in [-0.4, -0.2) is 20.5 Å². The first-order valence-corrected chi connectivity index (χ1v) is 5.28. The molecule has 0 bridgehead atoms. The number of alkyl halides is 1. The third kappa shape index (κ3) is 3.61. The highest BCUT2D eigenvalue weighted by Crippen LogP contribution is 2.28. The summed E-state index contributed by atoms with van der Waals surface area (Å²) < 4.78 is 15.6. The van der Waals surface area contributed by atoms with Gasteiger partial charge in [0.1, 0.15) is 0 Å². The molecule has 15 heavy (non-hydrogen) atoms. The van der Waals surface area contributed by atoms with E-state index in [9.17, 15) is 0 Å². The average Bonchev–Trinajstić information content (AvgIpc) is 2.27. The van der Waals surface area contributed by atoms with Gasteiger partial charge in [0.05, 0.1) is 6.61 Å². The summed E-state index contributed by atoms with van der Waals surface area (Å²) in [6, 6.07) is 5.61. The van der Waals surface area contributed by atoms with Crippen molar-refractivity contribution < 1.29 is 14.2 Å². The van der Waals surface area contributed by atoms with Crippen LogP contribution in [0.25, 0.3) is 0 Å². The SMILES string of the molecule is CCOc1cc(CCl)ccc1OCOC. The Morgan fingerprint density at radius 2 is 2.00 bits per heavy atom. The minimum atomic E-state index is 0.209. The van der Waals surface area contributed by atoms with Crippen LogP contribution in [0.4, 0.5) is 0 Å². The van der Waals surface area contributed by atoms with E-state index in [1.807, 2.05) is 25.1 Å². The quantitative estimate of drug-likeness (QED) is 0.556. The largest absolute Gasteiger partial charge is 0.490 e. The highest BCUT2D eigenvalue weighted by atomic mass is 35.5. The van der Waals surface area contributed by atoms with Crippen LogP contribution in [0.2, 0.25) is 0 Å². The topological polar surface area (TPSA) is 27.7 Å². The molecule has 0 aromatic heterocycles. The van der Waals surface area contributed by atoms with Crippen molar-refractivity contribution in [3.05, 3.63) is 23.8 Å². The Hall–Kier alpha value is -0.930. The predicted octanol–water partition coefficient (Wildman–Crippen LogP) is 2.81. The van der Waals surface area contributed by atoms with Crippen molar-refractivity contribution in [3.63, 3.8) is 0 Å². The third-order valence-corrected chi connectivity index (χ3v) is 2.10. The first kappa shape index (κ1) is 12.1. The van der Waals surface area contributed by atoms with Gasteiger partial charge in [0.2, 0.25) is 0 Å². The summed E-state index contributed by atoms with van der Waals surface area (Å²) in [6.07, 6.45) is 0. The van der Waals surface area contributed by atoms with Gasteiger partial charge in [0.25, 0.3) is 0 Å². The number of hydrogen-bond donors (Lipinski definition) is 0. The molecule has 0 saturated carbocycles. The minimum absolute atomic E-state index is 0.209. The summed E-state index contributed by atoms with van der Waals surface area (Å²) >= 11 is 5.73. The fourth-order valence-electron chi connectivity index (χ4n) is 1.15. The van der Waals surface area contributed by atoms with Crippen molar-refractivity contribution in [1.82, 2.24) is 0 Å². The predicted molar refractivity (Wildman–Crippen MR) is 59.7 cm³/mol. The normalized spacial score (nSPS) is 10.1. The van der Waals surface area contributed by atoms with E-state index in [4.69, 9.17) is 25.8 Å². The molecule has 0 unspecified atom stereocenters. The van der Waals surface area contributed by atoms with Gasteiger partial charge in [-0.2, -0.15) is 0 Å². The Bertz CT molecular complexity index is 302. The Morgan fingerprint density at radius 1 is 1.20 bits per heavy atom. The molecule has 84 valence electrons. The molecule has 0 aliphatic carbocycles. The lowest BCUT2D eigenvalue weighted by molar-refractivity contribution is 0.0487. The van der Waals surface area contributed by atoms with Crippen molar-refractivity contribution >= 4 is 11.6 Å². The van der Waals surface area contributed by atoms with Crippen molar-refractivity contribution in [2.24, 2.45) is 0 Å². The second-order valence-electron chi connectivity index (χ2n) is 2.90. The van der Waals surface area contributed by atoms with Crippen LogP contribution >= 0.6 is 11.6 Å². The van der Waals surface area contributed by atoms with Crippen LogP contribution < -0.4 is 9.47 Å². The minimum Gasteiger partial charge on any atom is -0.490 e. The molecule has 0 aliphatic rings. The van der Waals surface area contributed by atoms with E-state index in [1.165, 1.54) is 0 Å². The molecule has 0 aliphatic heterocycles. The number of benzene rings is 1. The summed E-state index contributed by atoms with van der Waals surface area (Å²) in [7, 11) is 1.58. The molecule has 1 aromatic carbocycles. The molecule has 0 spiro atoms. The van der Waals surface area contributed by atoms with Gasteiger partial charge in [-0.15, -0.1) is 11.6 Å². The van der Waals surface area contributed by atoms with Gasteiger partial charge in [0.15, 0.2) is 18.3 Å². The van der Waals surface area contributed by atoms with E-state index < -0.39 is 0 Å². The smallest absolute Gasteiger partial charge is 0.188 e. The summed E-state index contributed by atoms with van der Waals surface area (Å²) in [5.74, 6) is 1.84. The summed E-state index contributed by atoms with van der Waals surface area (Å²) in [6.45, 7) is 2.73. The maximum atomic E-state index is 5.73. The number of hydrogen-bond acceptors (Lipinski definition) is 3. The zero-order valence-corrected chi connectivity index (χ0v) is 9.71. The Labute approximate surface area is 94.9 Å². The van der Waals surface area contributed by atoms with Gasteiger partial charge in [0, 0.05) is 13.0 Å². The zero-order valence-electron chi connectivity index (χ0n) is 8.96. The number of methoxy groups -OCH3 is 1. The van der Waals surface area contributed by atoms with Crippen LogP contribution in [-0.2, 0) is 10.6 Å². The Morgan fingerprint density at radius 3 is 2.60 bits per heavy atom. The summed E-state index contributed by atoms with van der Waals surface area (Å²) in [5.41, 5.74) is 1.00. The van der Waals surface area contributed by atoms with Gasteiger partial charge in [-0.3, -0.25) is 0 Å². The molecule has 0 radical (unpaired) electrons. The average molecular weight is 231 g/mol. The van der Waals surface area contributed by atoms with E-state index in [1.54, 1.807) is 7.11 Å². The molecule has 1 aromatic rings. The lowest BCUT2D eigenvalue weighted by Gasteiger charge is -2.11. The Balaban J connectivity index is 2.82. The molecule has 0 atom stereocenters. The zero-order chi connectivity index (χ0) is 11.1. The van der Waals surface area contributed by atoms with Gasteiger partial charge in [-0.05, 0) is 24.6 Å². The highest BCUT2D eigenvalue weighted by Gasteiger charge is 2.05. The molecule has 0 heterocycles. The monoisotopic (exact) mass is 230 g/mol. The molecule has 0 amide bonds. The lowest BCUT2D eigenvalue weighted by atomic mass is 10.2. The van der Waals surface area contributed by atoms with E-state index in [0.717, 1.165) is 5.56 Å². The standard InChI is InChI=1S/C11H15ClO3/c1-3-14-11-6-9(7-12)4-5-10(11)15-8-13-2/h4-6H,3,7-8H2,1-2H3. The number of ether oxygens (including phenoxy) is 3. The van der Waals surface area contributed by atoms with Crippen LogP contribution in [0.3, 0.4) is 0 Å². The van der Waals surface area contributed by atoms with E-state index >= 15 is 0 Å². The van der Waals surface area contributed by atoms with Crippen molar-refractivity contribution in [1.29, 1.82) is 0 Å². The maximum absolute atomic E-state index is 5.73. The Kier molecular flexibility index (Phi) is 5.29. The highest BCUT2D eigenvalue weighted by molar-refractivity contribution is 6.17. The summed E-state index contributed by atoms with van der Waals surface area (Å²) in [4.78, 5) is 0. The third-order valence-electron chi connectivity index (χ3n) is 1.79. The van der Waals surface area contributed by atoms with Crippen molar-refractivity contribution in [2.45, 2.75) is 12.8 Å². The van der Waals surface area contributed by atoms with Gasteiger partial charge in [-0.1, -0.05) is 6.07 Å². The number of halogens is 1. The maximum Gasteiger partial charge on any atom is 0.188 e. The lowest BCUT2D eigenvalue weighted by Crippen LogP contribution is -2.02. The number of rotatable bonds is 6. The van der Waals surface area contributed by atoms with Crippen LogP contribution in [0, 0.1) is 0 Å². The second-order valence-corrected chi connectivity index (χ2v) is 3.17. The van der Waals surface area contributed by atoms with Crippen LogP contribution in [0.5, 0.6) is 11.5 Å². The second kappa shape index (κ2) is 6.53. The van der Waals surface area contributed by atoms with Gasteiger partial charge < -0.3 is 14.2 Å². The van der Waals surface area contributed by atoms with Crippen LogP contribution in [0.15, 0.2) is 18.2 Å². The van der Waals surface area contributed by atoms with E-state index in [0.29, 0.717) is 24.0 Å². The van der Waals surface area contributed by atoms with Crippen LogP contribution in [0.1, 0.15) is 12.5 Å². The van der Waals surface area contributed by atoms with E-state index in [-0.39, 0.29) is 6.79 Å². The molecular weight excluding hydrogens is 216 g/mol. The van der Waals surface area contributed by atoms with Gasteiger partial charge >= 0.3 is 0 Å². The first-order chi connectivity index (χ1) is 7.31. The molecular formula is C11H15ClO3. The van der Waals surface area contributed by atoms with E-state index in [2.05, 4.69) is 0 Å². The summed E-state index contributed by atoms with van der Waals surface area (Å²) in [5, 5.41) is 0. The van der Waals surface area contributed by atoms with Crippen molar-refractivity contribution in [2.75, 3.05) is 20.5 Å². The molecule has 3 nitrogen and oxygen atoms in total. The molecule has 0 saturated heterocycles. The fraction of sp³-hybridized carbons (Fsp3) is 0.455. The molecule has 4 heteroatoms. The molecule has 1 rings (SSSR count). The first-order valence-electron chi connectivity index (χ1n) is 4.75. The molecule has 0 fully saturated rings. The van der Waals surface area contributed by atoms with Gasteiger partial charge in [-0.25, -0.2) is 0 Å².